The Morgan fingerprint density at radius 1 is 1.00 bits per heavy atom. The summed E-state index contributed by atoms with van der Waals surface area (Å²) in [7, 11) is 0. The minimum Gasteiger partial charge on any atom is -0.372 e. The lowest BCUT2D eigenvalue weighted by Crippen LogP contribution is -2.53. The van der Waals surface area contributed by atoms with Crippen LogP contribution in [0.3, 0.4) is 0 Å². The van der Waals surface area contributed by atoms with Crippen LogP contribution >= 0.6 is 0 Å². The molecule has 130 valence electrons. The maximum absolute atomic E-state index is 11.3. The van der Waals surface area contributed by atoms with Crippen molar-refractivity contribution < 1.29 is 28.8 Å². The molecule has 3 aliphatic heterocycles. The van der Waals surface area contributed by atoms with Crippen molar-refractivity contribution in [1.82, 2.24) is 0 Å². The quantitative estimate of drug-likeness (QED) is 0.735. The fourth-order valence-electron chi connectivity index (χ4n) is 3.18. The first-order valence-electron chi connectivity index (χ1n) is 8.10. The molecule has 3 saturated heterocycles. The molecule has 0 spiro atoms. The zero-order valence-corrected chi connectivity index (χ0v) is 14.6. The molecule has 1 N–H and O–H groups in total. The fraction of sp³-hybridized carbons (Fsp3) is 0.882. The molecule has 3 fully saturated rings. The van der Waals surface area contributed by atoms with Crippen molar-refractivity contribution in [3.8, 4) is 11.8 Å². The first-order valence-corrected chi connectivity index (χ1v) is 8.10. The average molecular weight is 326 g/mol. The Hall–Kier alpha value is -0.680. The van der Waals surface area contributed by atoms with Crippen LogP contribution in [0, 0.1) is 17.8 Å². The van der Waals surface area contributed by atoms with Gasteiger partial charge >= 0.3 is 0 Å². The summed E-state index contributed by atoms with van der Waals surface area (Å²) in [6.45, 7) is 11.5. The molecule has 0 radical (unpaired) electrons. The van der Waals surface area contributed by atoms with Crippen LogP contribution in [0.4, 0.5) is 0 Å². The van der Waals surface area contributed by atoms with E-state index in [1.54, 1.807) is 13.8 Å². The summed E-state index contributed by atoms with van der Waals surface area (Å²) >= 11 is 0. The number of fused-ring (bicyclic) bond motifs is 1. The molecular formula is C17H26O6. The number of hydrogen-bond acceptors (Lipinski definition) is 6. The molecule has 0 aromatic heterocycles. The number of aliphatic hydroxyl groups is 1. The van der Waals surface area contributed by atoms with Gasteiger partial charge in [0.05, 0.1) is 6.61 Å². The van der Waals surface area contributed by atoms with Crippen LogP contribution in [0.2, 0.25) is 0 Å². The van der Waals surface area contributed by atoms with Crippen LogP contribution < -0.4 is 0 Å². The van der Waals surface area contributed by atoms with Gasteiger partial charge in [-0.15, -0.1) is 0 Å². The van der Waals surface area contributed by atoms with Crippen LogP contribution in [-0.2, 0) is 23.7 Å². The highest BCUT2D eigenvalue weighted by atomic mass is 16.8. The fourth-order valence-corrected chi connectivity index (χ4v) is 3.18. The number of rotatable bonds is 1. The Balaban J connectivity index is 1.90. The van der Waals surface area contributed by atoms with Crippen LogP contribution in [0.1, 0.15) is 41.5 Å². The van der Waals surface area contributed by atoms with Gasteiger partial charge in [0.2, 0.25) is 0 Å². The van der Waals surface area contributed by atoms with Gasteiger partial charge in [0.25, 0.3) is 0 Å². The molecule has 6 nitrogen and oxygen atoms in total. The Bertz CT molecular complexity index is 531. The third kappa shape index (κ3) is 3.14. The van der Waals surface area contributed by atoms with Crippen LogP contribution in [-0.4, -0.2) is 53.5 Å². The van der Waals surface area contributed by atoms with E-state index >= 15 is 0 Å². The van der Waals surface area contributed by atoms with E-state index in [1.807, 2.05) is 27.7 Å². The molecule has 0 aliphatic carbocycles. The van der Waals surface area contributed by atoms with E-state index in [2.05, 4.69) is 11.8 Å². The zero-order chi connectivity index (χ0) is 17.0. The second kappa shape index (κ2) is 5.41. The van der Waals surface area contributed by atoms with E-state index in [-0.39, 0.29) is 5.92 Å². The summed E-state index contributed by atoms with van der Waals surface area (Å²) in [5.74, 6) is 4.58. The molecule has 3 rings (SSSR count). The first-order chi connectivity index (χ1) is 10.5. The van der Waals surface area contributed by atoms with Gasteiger partial charge in [0, 0.05) is 5.92 Å². The molecule has 3 heterocycles. The summed E-state index contributed by atoms with van der Waals surface area (Å²) in [5, 5.41) is 11.3. The third-order valence-corrected chi connectivity index (χ3v) is 4.14. The monoisotopic (exact) mass is 326 g/mol. The predicted molar refractivity (Wildman–Crippen MR) is 81.2 cm³/mol. The second-order valence-corrected chi connectivity index (χ2v) is 7.60. The molecule has 5 atom stereocenters. The zero-order valence-electron chi connectivity index (χ0n) is 14.6. The summed E-state index contributed by atoms with van der Waals surface area (Å²) < 4.78 is 29.0. The molecule has 23 heavy (non-hydrogen) atoms. The van der Waals surface area contributed by atoms with E-state index in [0.717, 1.165) is 0 Å². The molecule has 0 bridgehead atoms. The molecule has 0 saturated carbocycles. The SMILES string of the molecule is CC(C)C#C[C@@]1(O)[C@@H]([C@H]2COC(C)(C)O2)O[C@@H]2OC(C)(C)O[C@@H]21. The second-order valence-electron chi connectivity index (χ2n) is 7.60. The lowest BCUT2D eigenvalue weighted by molar-refractivity contribution is -0.240. The molecule has 0 unspecified atom stereocenters. The van der Waals surface area contributed by atoms with Crippen LogP contribution in [0.5, 0.6) is 0 Å². The normalized spacial score (nSPS) is 44.2. The standard InChI is InChI=1S/C17H26O6/c1-10(2)7-8-17(18)12(11-9-19-15(3,4)21-11)20-14-13(17)22-16(5,6)23-14/h10-14,18H,9H2,1-6H3/t11-,12-,13+,14-,17-/m1/s1. The average Bonchev–Trinajstić information content (AvgIpc) is 2.99. The summed E-state index contributed by atoms with van der Waals surface area (Å²) in [4.78, 5) is 0. The molecule has 6 heteroatoms. The van der Waals surface area contributed by atoms with Gasteiger partial charge in [-0.2, -0.15) is 0 Å². The minimum absolute atomic E-state index is 0.117. The van der Waals surface area contributed by atoms with E-state index in [9.17, 15) is 5.11 Å². The highest BCUT2D eigenvalue weighted by molar-refractivity contribution is 5.26. The lowest BCUT2D eigenvalue weighted by atomic mass is 9.89. The summed E-state index contributed by atoms with van der Waals surface area (Å²) in [6.07, 6.45) is -2.48. The van der Waals surface area contributed by atoms with E-state index in [1.165, 1.54) is 0 Å². The largest absolute Gasteiger partial charge is 0.372 e. The van der Waals surface area contributed by atoms with Crippen molar-refractivity contribution >= 4 is 0 Å². The van der Waals surface area contributed by atoms with Crippen molar-refractivity contribution in [1.29, 1.82) is 0 Å². The number of hydrogen-bond donors (Lipinski definition) is 1. The Labute approximate surface area is 137 Å². The molecule has 0 aromatic carbocycles. The smallest absolute Gasteiger partial charge is 0.191 e. The minimum atomic E-state index is -1.50. The van der Waals surface area contributed by atoms with Crippen LogP contribution in [0.15, 0.2) is 0 Å². The predicted octanol–water partition coefficient (Wildman–Crippen LogP) is 1.40. The van der Waals surface area contributed by atoms with E-state index < -0.39 is 41.8 Å². The third-order valence-electron chi connectivity index (χ3n) is 4.14. The maximum atomic E-state index is 11.3. The van der Waals surface area contributed by atoms with Crippen molar-refractivity contribution in [3.63, 3.8) is 0 Å². The van der Waals surface area contributed by atoms with Gasteiger partial charge in [-0.25, -0.2) is 0 Å². The molecule has 0 amide bonds. The van der Waals surface area contributed by atoms with Crippen molar-refractivity contribution in [2.75, 3.05) is 6.61 Å². The molecule has 3 aliphatic rings. The number of ether oxygens (including phenoxy) is 5. The topological polar surface area (TPSA) is 66.4 Å². The summed E-state index contributed by atoms with van der Waals surface area (Å²) in [5.41, 5.74) is -1.50. The highest BCUT2D eigenvalue weighted by Gasteiger charge is 2.65. The Morgan fingerprint density at radius 2 is 1.70 bits per heavy atom. The highest BCUT2D eigenvalue weighted by Crippen LogP contribution is 2.45. The van der Waals surface area contributed by atoms with E-state index in [0.29, 0.717) is 6.61 Å². The Morgan fingerprint density at radius 3 is 2.26 bits per heavy atom. The Kier molecular flexibility index (Phi) is 4.04. The van der Waals surface area contributed by atoms with Crippen molar-refractivity contribution in [2.24, 2.45) is 5.92 Å². The molecule has 0 aromatic rings. The first kappa shape index (κ1) is 17.2. The van der Waals surface area contributed by atoms with Gasteiger partial charge in [0.1, 0.15) is 12.2 Å². The van der Waals surface area contributed by atoms with E-state index in [4.69, 9.17) is 23.7 Å². The molecular weight excluding hydrogens is 300 g/mol. The van der Waals surface area contributed by atoms with Gasteiger partial charge < -0.3 is 28.8 Å². The van der Waals surface area contributed by atoms with Gasteiger partial charge in [-0.3, -0.25) is 0 Å². The maximum Gasteiger partial charge on any atom is 0.191 e. The van der Waals surface area contributed by atoms with Gasteiger partial charge in [-0.1, -0.05) is 25.7 Å². The van der Waals surface area contributed by atoms with Crippen molar-refractivity contribution in [3.05, 3.63) is 0 Å². The lowest BCUT2D eigenvalue weighted by Gasteiger charge is -2.32. The van der Waals surface area contributed by atoms with Gasteiger partial charge in [0.15, 0.2) is 29.6 Å². The van der Waals surface area contributed by atoms with Crippen LogP contribution in [0.25, 0.3) is 0 Å². The van der Waals surface area contributed by atoms with Crippen molar-refractivity contribution in [2.45, 2.75) is 83.3 Å². The summed E-state index contributed by atoms with van der Waals surface area (Å²) in [6, 6.07) is 0. The van der Waals surface area contributed by atoms with Gasteiger partial charge in [-0.05, 0) is 27.7 Å².